The van der Waals surface area contributed by atoms with Crippen LogP contribution >= 0.6 is 0 Å². The molecule has 0 bridgehead atoms. The molecule has 1 aromatic carbocycles. The van der Waals surface area contributed by atoms with E-state index in [1.54, 1.807) is 17.9 Å². The van der Waals surface area contributed by atoms with Crippen molar-refractivity contribution in [2.24, 2.45) is 0 Å². The van der Waals surface area contributed by atoms with Crippen LogP contribution in [0.5, 0.6) is 0 Å². The average Bonchev–Trinajstić information content (AvgIpc) is 2.60. The molecule has 1 aromatic rings. The Morgan fingerprint density at radius 1 is 1.24 bits per heavy atom. The van der Waals surface area contributed by atoms with Crippen molar-refractivity contribution in [2.75, 3.05) is 6.54 Å². The molecule has 0 aromatic heterocycles. The van der Waals surface area contributed by atoms with Gasteiger partial charge in [0.15, 0.2) is 0 Å². The second kappa shape index (κ2) is 7.30. The van der Waals surface area contributed by atoms with Crippen LogP contribution in [0.3, 0.4) is 0 Å². The van der Waals surface area contributed by atoms with E-state index < -0.39 is 16.1 Å². The molecule has 0 saturated carbocycles. The Hall–Kier alpha value is -1.66. The van der Waals surface area contributed by atoms with E-state index in [4.69, 9.17) is 0 Å². The Morgan fingerprint density at radius 3 is 2.76 bits per heavy atom. The molecule has 0 spiro atoms. The molecule has 0 radical (unpaired) electrons. The summed E-state index contributed by atoms with van der Waals surface area (Å²) in [6.45, 7) is 4.37. The van der Waals surface area contributed by atoms with Crippen LogP contribution in [0.15, 0.2) is 29.2 Å². The molecule has 1 aliphatic carbocycles. The number of carbonyl (C=O) groups is 1. The van der Waals surface area contributed by atoms with Crippen LogP contribution in [0, 0.1) is 0 Å². The highest BCUT2D eigenvalue weighted by atomic mass is 32.2. The van der Waals surface area contributed by atoms with Crippen molar-refractivity contribution in [3.8, 4) is 0 Å². The van der Waals surface area contributed by atoms with E-state index in [9.17, 15) is 13.2 Å². The van der Waals surface area contributed by atoms with Gasteiger partial charge in [0.1, 0.15) is 0 Å². The summed E-state index contributed by atoms with van der Waals surface area (Å²) in [6, 6.07) is 7.24. The van der Waals surface area contributed by atoms with Gasteiger partial charge in [0.05, 0.1) is 10.9 Å². The third kappa shape index (κ3) is 3.96. The molecule has 1 N–H and O–H groups in total. The van der Waals surface area contributed by atoms with Crippen molar-refractivity contribution >= 4 is 22.0 Å². The fourth-order valence-corrected chi connectivity index (χ4v) is 5.02. The Kier molecular flexibility index (Phi) is 5.29. The number of likely N-dealkylation sites (tertiary alicyclic amines) is 1. The molecule has 1 fully saturated rings. The minimum absolute atomic E-state index is 0.132. The molecule has 2 aliphatic rings. The first-order valence-electron chi connectivity index (χ1n) is 9.00. The van der Waals surface area contributed by atoms with Gasteiger partial charge in [-0.25, -0.2) is 8.42 Å². The van der Waals surface area contributed by atoms with Crippen molar-refractivity contribution < 1.29 is 13.2 Å². The summed E-state index contributed by atoms with van der Waals surface area (Å²) in [5.41, 5.74) is 2.10. The maximum Gasteiger partial charge on any atom is 0.240 e. The molecule has 3 rings (SSSR count). The zero-order valence-corrected chi connectivity index (χ0v) is 15.7. The van der Waals surface area contributed by atoms with E-state index in [1.165, 1.54) is 0 Å². The molecule has 25 heavy (non-hydrogen) atoms. The summed E-state index contributed by atoms with van der Waals surface area (Å²) in [5, 5.41) is 0. The smallest absolute Gasteiger partial charge is 0.240 e. The number of hydrogen-bond acceptors (Lipinski definition) is 3. The summed E-state index contributed by atoms with van der Waals surface area (Å²) >= 11 is 0. The van der Waals surface area contributed by atoms with Crippen LogP contribution in [0.1, 0.15) is 50.7 Å². The van der Waals surface area contributed by atoms with Crippen LogP contribution in [0.2, 0.25) is 0 Å². The fourth-order valence-electron chi connectivity index (χ4n) is 3.65. The lowest BCUT2D eigenvalue weighted by molar-refractivity contribution is -0.135. The standard InChI is InChI=1S/C19H26N2O3S/c1-14-7-5-6-12-21(14)19(22)15(2)20-25(23,24)18-11-10-16-8-3-4-9-17(16)13-18/h3-4,8-9,13-15,20H,5-7,10-12H2,1-2H3. The summed E-state index contributed by atoms with van der Waals surface area (Å²) in [7, 11) is -3.66. The number of rotatable bonds is 4. The number of amides is 1. The molecular formula is C19H26N2O3S. The molecular weight excluding hydrogens is 336 g/mol. The van der Waals surface area contributed by atoms with Gasteiger partial charge in [0.2, 0.25) is 15.9 Å². The van der Waals surface area contributed by atoms with Crippen LogP contribution < -0.4 is 4.72 Å². The second-order valence-electron chi connectivity index (χ2n) is 7.03. The average molecular weight is 362 g/mol. The van der Waals surface area contributed by atoms with Crippen LogP contribution in [0.25, 0.3) is 6.08 Å². The lowest BCUT2D eigenvalue weighted by Crippen LogP contribution is -2.51. The highest BCUT2D eigenvalue weighted by Gasteiger charge is 2.31. The molecule has 1 saturated heterocycles. The van der Waals surface area contributed by atoms with E-state index in [0.717, 1.165) is 30.4 Å². The van der Waals surface area contributed by atoms with Crippen molar-refractivity contribution in [1.29, 1.82) is 0 Å². The van der Waals surface area contributed by atoms with Gasteiger partial charge < -0.3 is 4.90 Å². The maximum absolute atomic E-state index is 12.7. The largest absolute Gasteiger partial charge is 0.339 e. The highest BCUT2D eigenvalue weighted by Crippen LogP contribution is 2.27. The first kappa shape index (κ1) is 18.1. The van der Waals surface area contributed by atoms with Crippen LogP contribution in [0.4, 0.5) is 0 Å². The van der Waals surface area contributed by atoms with Gasteiger partial charge in [-0.15, -0.1) is 0 Å². The third-order valence-corrected chi connectivity index (χ3v) is 6.82. The monoisotopic (exact) mass is 362 g/mol. The minimum atomic E-state index is -3.66. The number of nitrogens with one attached hydrogen (secondary N) is 1. The van der Waals surface area contributed by atoms with E-state index in [-0.39, 0.29) is 11.9 Å². The Bertz CT molecular complexity index is 786. The van der Waals surface area contributed by atoms with Gasteiger partial charge in [0, 0.05) is 12.6 Å². The lowest BCUT2D eigenvalue weighted by Gasteiger charge is -2.35. The van der Waals surface area contributed by atoms with Crippen molar-refractivity contribution in [3.05, 3.63) is 40.3 Å². The number of sulfonamides is 1. The molecule has 2 unspecified atom stereocenters. The summed E-state index contributed by atoms with van der Waals surface area (Å²) in [6.07, 6.45) is 5.98. The number of carbonyl (C=O) groups excluding carboxylic acids is 1. The number of allylic oxidation sites excluding steroid dienone is 1. The predicted molar refractivity (Wildman–Crippen MR) is 99.3 cm³/mol. The SMILES string of the molecule is CC(NS(=O)(=O)C1=Cc2ccccc2CC1)C(=O)N1CCCCC1C. The van der Waals surface area contributed by atoms with Gasteiger partial charge in [-0.2, -0.15) is 4.72 Å². The molecule has 1 heterocycles. The molecule has 136 valence electrons. The number of aryl methyl sites for hydroxylation is 1. The number of hydrogen-bond donors (Lipinski definition) is 1. The van der Waals surface area contributed by atoms with Crippen LogP contribution in [-0.2, 0) is 21.2 Å². The number of nitrogens with zero attached hydrogens (tertiary/aromatic N) is 1. The molecule has 6 heteroatoms. The summed E-state index contributed by atoms with van der Waals surface area (Å²) in [5.74, 6) is -0.132. The van der Waals surface area contributed by atoms with Gasteiger partial charge >= 0.3 is 0 Å². The van der Waals surface area contributed by atoms with Gasteiger partial charge in [-0.05, 0) is 63.2 Å². The highest BCUT2D eigenvalue weighted by molar-refractivity contribution is 7.93. The molecule has 2 atom stereocenters. The Labute approximate surface area is 150 Å². The lowest BCUT2D eigenvalue weighted by atomic mass is 9.98. The van der Waals surface area contributed by atoms with Crippen molar-refractivity contribution in [1.82, 2.24) is 9.62 Å². The van der Waals surface area contributed by atoms with Crippen molar-refractivity contribution in [3.63, 3.8) is 0 Å². The molecule has 1 amide bonds. The molecule has 1 aliphatic heterocycles. The number of fused-ring (bicyclic) bond motifs is 1. The maximum atomic E-state index is 12.7. The van der Waals surface area contributed by atoms with E-state index >= 15 is 0 Å². The zero-order valence-electron chi connectivity index (χ0n) is 14.9. The van der Waals surface area contributed by atoms with E-state index in [1.807, 2.05) is 31.2 Å². The topological polar surface area (TPSA) is 66.5 Å². The van der Waals surface area contributed by atoms with Gasteiger partial charge in [-0.3, -0.25) is 4.79 Å². The number of benzene rings is 1. The van der Waals surface area contributed by atoms with E-state index in [0.29, 0.717) is 24.3 Å². The first-order valence-corrected chi connectivity index (χ1v) is 10.5. The minimum Gasteiger partial charge on any atom is -0.339 e. The Balaban J connectivity index is 1.73. The first-order chi connectivity index (χ1) is 11.9. The summed E-state index contributed by atoms with van der Waals surface area (Å²) < 4.78 is 28.0. The Morgan fingerprint density at radius 2 is 2.00 bits per heavy atom. The number of piperidine rings is 1. The fraction of sp³-hybridized carbons (Fsp3) is 0.526. The van der Waals surface area contributed by atoms with Gasteiger partial charge in [0.25, 0.3) is 0 Å². The summed E-state index contributed by atoms with van der Waals surface area (Å²) in [4.78, 5) is 14.8. The zero-order chi connectivity index (χ0) is 18.0. The van der Waals surface area contributed by atoms with Gasteiger partial charge in [-0.1, -0.05) is 24.3 Å². The third-order valence-electron chi connectivity index (χ3n) is 5.15. The quantitative estimate of drug-likeness (QED) is 0.895. The second-order valence-corrected chi connectivity index (χ2v) is 8.80. The van der Waals surface area contributed by atoms with E-state index in [2.05, 4.69) is 4.72 Å². The predicted octanol–water partition coefficient (Wildman–Crippen LogP) is 2.68. The van der Waals surface area contributed by atoms with Crippen LogP contribution in [-0.4, -0.2) is 37.9 Å². The molecule has 5 nitrogen and oxygen atoms in total. The van der Waals surface area contributed by atoms with Crippen molar-refractivity contribution in [2.45, 2.75) is 58.0 Å². The normalized spacial score (nSPS) is 22.1.